The van der Waals surface area contributed by atoms with E-state index in [1.807, 2.05) is 37.3 Å². The lowest BCUT2D eigenvalue weighted by Crippen LogP contribution is -2.52. The molecule has 206 valence electrons. The first-order valence-corrected chi connectivity index (χ1v) is 12.8. The van der Waals surface area contributed by atoms with E-state index in [0.29, 0.717) is 18.0 Å². The minimum atomic E-state index is -0.933. The molecule has 3 N–H and O–H groups in total. The number of anilines is 1. The number of benzene rings is 2. The number of fused-ring (bicyclic) bond motifs is 1. The Labute approximate surface area is 227 Å². The highest BCUT2D eigenvalue weighted by Crippen LogP contribution is 2.28. The van der Waals surface area contributed by atoms with Gasteiger partial charge >= 0.3 is 6.09 Å². The lowest BCUT2D eigenvalue weighted by atomic mass is 9.84. The van der Waals surface area contributed by atoms with Crippen molar-refractivity contribution in [3.63, 3.8) is 0 Å². The standard InChI is InChI=1S/C29H34N4O6/c1-18-15-19(22-7-5-6-8-25(22)30-18)17-38-21-11-9-20(10-12-21)31-26(34)23-13-14-33(16-24(23)27(35)32-37)28(36)39-29(2,3)4/h5-12,15,23-24,37H,13-14,16-17H2,1-4H3,(H,31,34)(H,32,35)/t23-,24-/m0/s1. The normalized spacial score (nSPS) is 17.4. The van der Waals surface area contributed by atoms with Crippen LogP contribution in [0, 0.1) is 18.8 Å². The maximum absolute atomic E-state index is 13.1. The van der Waals surface area contributed by atoms with Gasteiger partial charge in [0.05, 0.1) is 17.4 Å². The molecule has 10 nitrogen and oxygen atoms in total. The number of nitrogens with zero attached hydrogens (tertiary/aromatic N) is 2. The van der Waals surface area contributed by atoms with Gasteiger partial charge < -0.3 is 19.7 Å². The number of rotatable bonds is 6. The van der Waals surface area contributed by atoms with Crippen molar-refractivity contribution in [2.45, 2.75) is 46.3 Å². The summed E-state index contributed by atoms with van der Waals surface area (Å²) in [6, 6.07) is 16.9. The zero-order chi connectivity index (χ0) is 28.2. The molecule has 1 fully saturated rings. The molecule has 4 rings (SSSR count). The summed E-state index contributed by atoms with van der Waals surface area (Å²) in [5.41, 5.74) is 4.32. The third-order valence-corrected chi connectivity index (χ3v) is 6.49. The molecule has 39 heavy (non-hydrogen) atoms. The minimum Gasteiger partial charge on any atom is -0.489 e. The van der Waals surface area contributed by atoms with Gasteiger partial charge in [0.1, 0.15) is 18.0 Å². The van der Waals surface area contributed by atoms with Crippen LogP contribution < -0.4 is 15.5 Å². The predicted octanol–water partition coefficient (Wildman–Crippen LogP) is 4.44. The van der Waals surface area contributed by atoms with E-state index in [9.17, 15) is 19.6 Å². The number of para-hydroxylation sites is 1. The predicted molar refractivity (Wildman–Crippen MR) is 145 cm³/mol. The zero-order valence-electron chi connectivity index (χ0n) is 22.6. The van der Waals surface area contributed by atoms with Gasteiger partial charge in [0.25, 0.3) is 0 Å². The lowest BCUT2D eigenvalue weighted by molar-refractivity contribution is -0.141. The Morgan fingerprint density at radius 1 is 1.05 bits per heavy atom. The number of aromatic nitrogens is 1. The van der Waals surface area contributed by atoms with E-state index in [2.05, 4.69) is 10.3 Å². The molecular weight excluding hydrogens is 500 g/mol. The zero-order valence-corrected chi connectivity index (χ0v) is 22.6. The van der Waals surface area contributed by atoms with Crippen molar-refractivity contribution >= 4 is 34.5 Å². The Morgan fingerprint density at radius 3 is 2.46 bits per heavy atom. The van der Waals surface area contributed by atoms with E-state index >= 15 is 0 Å². The van der Waals surface area contributed by atoms with Crippen molar-refractivity contribution in [1.29, 1.82) is 0 Å². The number of aryl methyl sites for hydroxylation is 1. The summed E-state index contributed by atoms with van der Waals surface area (Å²) in [5.74, 6) is -2.15. The molecule has 0 spiro atoms. The Bertz CT molecular complexity index is 1350. The summed E-state index contributed by atoms with van der Waals surface area (Å²) in [4.78, 5) is 43.9. The third-order valence-electron chi connectivity index (χ3n) is 6.49. The number of carbonyl (C=O) groups is 3. The van der Waals surface area contributed by atoms with Crippen molar-refractivity contribution in [1.82, 2.24) is 15.4 Å². The average Bonchev–Trinajstić information content (AvgIpc) is 2.90. The van der Waals surface area contributed by atoms with Crippen molar-refractivity contribution in [2.24, 2.45) is 11.8 Å². The fraction of sp³-hybridized carbons (Fsp3) is 0.379. The van der Waals surface area contributed by atoms with Crippen molar-refractivity contribution in [3.8, 4) is 5.75 Å². The van der Waals surface area contributed by atoms with Crippen LogP contribution in [0.4, 0.5) is 10.5 Å². The first-order valence-electron chi connectivity index (χ1n) is 12.8. The average molecular weight is 535 g/mol. The summed E-state index contributed by atoms with van der Waals surface area (Å²) in [7, 11) is 0. The molecule has 2 heterocycles. The van der Waals surface area contributed by atoms with Crippen LogP contribution in [-0.2, 0) is 20.9 Å². The van der Waals surface area contributed by atoms with Gasteiger partial charge in [0.2, 0.25) is 11.8 Å². The molecule has 0 saturated carbocycles. The van der Waals surface area contributed by atoms with Crippen LogP contribution >= 0.6 is 0 Å². The Hall–Kier alpha value is -4.18. The van der Waals surface area contributed by atoms with Gasteiger partial charge in [-0.25, -0.2) is 10.3 Å². The van der Waals surface area contributed by atoms with E-state index in [0.717, 1.165) is 22.2 Å². The number of likely N-dealkylation sites (tertiary alicyclic amines) is 1. The summed E-state index contributed by atoms with van der Waals surface area (Å²) >= 11 is 0. The van der Waals surface area contributed by atoms with E-state index in [1.54, 1.807) is 50.5 Å². The van der Waals surface area contributed by atoms with Gasteiger partial charge in [-0.1, -0.05) is 18.2 Å². The van der Waals surface area contributed by atoms with Gasteiger partial charge in [0.15, 0.2) is 0 Å². The van der Waals surface area contributed by atoms with Crippen LogP contribution in [-0.4, -0.2) is 51.7 Å². The minimum absolute atomic E-state index is 0.0463. The van der Waals surface area contributed by atoms with Crippen LogP contribution in [0.5, 0.6) is 5.75 Å². The molecule has 2 atom stereocenters. The maximum atomic E-state index is 13.1. The van der Waals surface area contributed by atoms with E-state index < -0.39 is 29.4 Å². The summed E-state index contributed by atoms with van der Waals surface area (Å²) in [6.45, 7) is 7.77. The van der Waals surface area contributed by atoms with Gasteiger partial charge in [-0.3, -0.25) is 19.8 Å². The Kier molecular flexibility index (Phi) is 8.35. The second-order valence-electron chi connectivity index (χ2n) is 10.6. The monoisotopic (exact) mass is 534 g/mol. The van der Waals surface area contributed by atoms with Crippen molar-refractivity contribution in [2.75, 3.05) is 18.4 Å². The highest BCUT2D eigenvalue weighted by molar-refractivity contribution is 5.96. The first-order chi connectivity index (χ1) is 18.5. The number of hydrogen-bond acceptors (Lipinski definition) is 7. The second kappa shape index (κ2) is 11.7. The van der Waals surface area contributed by atoms with Crippen molar-refractivity contribution in [3.05, 3.63) is 65.9 Å². The van der Waals surface area contributed by atoms with Crippen LogP contribution in [0.15, 0.2) is 54.6 Å². The number of pyridine rings is 1. The van der Waals surface area contributed by atoms with E-state index in [-0.39, 0.29) is 25.4 Å². The second-order valence-corrected chi connectivity index (χ2v) is 10.6. The Morgan fingerprint density at radius 2 is 1.77 bits per heavy atom. The number of hydrogen-bond donors (Lipinski definition) is 3. The molecule has 1 saturated heterocycles. The lowest BCUT2D eigenvalue weighted by Gasteiger charge is -2.37. The van der Waals surface area contributed by atoms with Gasteiger partial charge in [-0.15, -0.1) is 0 Å². The molecule has 10 heteroatoms. The molecule has 0 unspecified atom stereocenters. The largest absolute Gasteiger partial charge is 0.489 e. The number of piperidine rings is 1. The molecule has 1 aromatic heterocycles. The highest BCUT2D eigenvalue weighted by Gasteiger charge is 2.41. The quantitative estimate of drug-likeness (QED) is 0.315. The topological polar surface area (TPSA) is 130 Å². The van der Waals surface area contributed by atoms with Crippen LogP contribution in [0.1, 0.15) is 38.4 Å². The molecule has 2 aromatic carbocycles. The fourth-order valence-corrected chi connectivity index (χ4v) is 4.65. The van der Waals surface area contributed by atoms with E-state index in [4.69, 9.17) is 9.47 Å². The molecule has 1 aliphatic rings. The molecule has 0 aliphatic carbocycles. The molecular formula is C29H34N4O6. The molecule has 1 aliphatic heterocycles. The highest BCUT2D eigenvalue weighted by atomic mass is 16.6. The number of ether oxygens (including phenoxy) is 2. The summed E-state index contributed by atoms with van der Waals surface area (Å²) in [6.07, 6.45) is -0.327. The van der Waals surface area contributed by atoms with Crippen LogP contribution in [0.2, 0.25) is 0 Å². The maximum Gasteiger partial charge on any atom is 0.410 e. The molecule has 3 aromatic rings. The summed E-state index contributed by atoms with van der Waals surface area (Å²) < 4.78 is 11.4. The van der Waals surface area contributed by atoms with Crippen molar-refractivity contribution < 1.29 is 29.1 Å². The SMILES string of the molecule is Cc1cc(COc2ccc(NC(=O)[C@H]3CCN(C(=O)OC(C)(C)C)C[C@@H]3C(=O)NO)cc2)c2ccccc2n1. The summed E-state index contributed by atoms with van der Waals surface area (Å²) in [5, 5.41) is 13.1. The number of amides is 3. The smallest absolute Gasteiger partial charge is 0.410 e. The number of carbonyl (C=O) groups excluding carboxylic acids is 3. The van der Waals surface area contributed by atoms with Crippen LogP contribution in [0.3, 0.4) is 0 Å². The molecule has 0 radical (unpaired) electrons. The fourth-order valence-electron chi connectivity index (χ4n) is 4.65. The third kappa shape index (κ3) is 7.02. The molecule has 0 bridgehead atoms. The van der Waals surface area contributed by atoms with E-state index in [1.165, 1.54) is 4.90 Å². The van der Waals surface area contributed by atoms with Gasteiger partial charge in [-0.2, -0.15) is 0 Å². The Balaban J connectivity index is 1.38. The van der Waals surface area contributed by atoms with Gasteiger partial charge in [-0.05, 0) is 70.5 Å². The number of hydroxylamine groups is 1. The van der Waals surface area contributed by atoms with Crippen LogP contribution in [0.25, 0.3) is 10.9 Å². The van der Waals surface area contributed by atoms with Gasteiger partial charge in [0, 0.05) is 35.4 Å². The molecule has 3 amide bonds. The first kappa shape index (κ1) is 27.8. The number of nitrogens with one attached hydrogen (secondary N) is 2.